The van der Waals surface area contributed by atoms with E-state index in [0.29, 0.717) is 0 Å². The van der Waals surface area contributed by atoms with Crippen LogP contribution in [0.3, 0.4) is 0 Å². The van der Waals surface area contributed by atoms with Gasteiger partial charge in [-0.05, 0) is 12.8 Å². The van der Waals surface area contributed by atoms with E-state index in [1.807, 2.05) is 5.32 Å². The van der Waals surface area contributed by atoms with Crippen LogP contribution >= 0.6 is 15.9 Å². The summed E-state index contributed by atoms with van der Waals surface area (Å²) < 4.78 is 74.2. The highest BCUT2D eigenvalue weighted by Crippen LogP contribution is 2.39. The lowest BCUT2D eigenvalue weighted by atomic mass is 9.94. The van der Waals surface area contributed by atoms with E-state index in [4.69, 9.17) is 0 Å². The number of halogens is 7. The summed E-state index contributed by atoms with van der Waals surface area (Å²) in [6.07, 6.45) is -10.9. The van der Waals surface area contributed by atoms with Crippen LogP contribution in [-0.4, -0.2) is 29.1 Å². The highest BCUT2D eigenvalue weighted by Gasteiger charge is 2.61. The Morgan fingerprint density at radius 2 is 1.42 bits per heavy atom. The van der Waals surface area contributed by atoms with E-state index < -0.39 is 29.7 Å². The molecular weight excluding hydrogens is 344 g/mol. The fourth-order valence-electron chi connectivity index (χ4n) is 1.47. The van der Waals surface area contributed by atoms with Crippen LogP contribution in [0.4, 0.5) is 26.3 Å². The molecule has 9 heteroatoms. The lowest BCUT2D eigenvalue weighted by molar-refractivity contribution is -0.274. The number of alkyl halides is 7. The van der Waals surface area contributed by atoms with E-state index in [2.05, 4.69) is 15.9 Å². The summed E-state index contributed by atoms with van der Waals surface area (Å²) in [4.78, 5) is 11.4. The van der Waals surface area contributed by atoms with Gasteiger partial charge in [-0.3, -0.25) is 4.79 Å². The van der Waals surface area contributed by atoms with Gasteiger partial charge in [-0.1, -0.05) is 29.8 Å². The van der Waals surface area contributed by atoms with E-state index in [0.717, 1.165) is 0 Å². The molecule has 0 radical (unpaired) electrons. The van der Waals surface area contributed by atoms with E-state index in [-0.39, 0.29) is 18.2 Å². The van der Waals surface area contributed by atoms with Gasteiger partial charge in [0.25, 0.3) is 0 Å². The summed E-state index contributed by atoms with van der Waals surface area (Å²) in [7, 11) is 0. The molecule has 0 heterocycles. The van der Waals surface area contributed by atoms with Crippen LogP contribution in [0, 0.1) is 5.92 Å². The second kappa shape index (κ2) is 6.32. The molecule has 0 aromatic heterocycles. The van der Waals surface area contributed by atoms with Gasteiger partial charge in [0, 0.05) is 10.9 Å². The van der Waals surface area contributed by atoms with Gasteiger partial charge in [0.05, 0.1) is 0 Å². The van der Waals surface area contributed by atoms with Gasteiger partial charge in [-0.2, -0.15) is 26.3 Å². The third-order valence-electron chi connectivity index (χ3n) is 2.91. The minimum Gasteiger partial charge on any atom is -0.349 e. The number of amides is 1. The first-order chi connectivity index (χ1) is 8.43. The molecule has 0 saturated carbocycles. The molecule has 0 aromatic rings. The van der Waals surface area contributed by atoms with Crippen LogP contribution < -0.4 is 5.32 Å². The third-order valence-corrected chi connectivity index (χ3v) is 3.99. The van der Waals surface area contributed by atoms with Crippen LogP contribution in [0.15, 0.2) is 0 Å². The van der Waals surface area contributed by atoms with Crippen molar-refractivity contribution in [2.75, 3.05) is 5.33 Å². The van der Waals surface area contributed by atoms with E-state index in [9.17, 15) is 31.1 Å². The molecule has 19 heavy (non-hydrogen) atoms. The number of hydrogen-bond donors (Lipinski definition) is 1. The van der Waals surface area contributed by atoms with Gasteiger partial charge in [0.2, 0.25) is 11.8 Å². The summed E-state index contributed by atoms with van der Waals surface area (Å²) in [5, 5.41) is 1.94. The van der Waals surface area contributed by atoms with Gasteiger partial charge >= 0.3 is 12.4 Å². The average molecular weight is 358 g/mol. The minimum absolute atomic E-state index is 0.0706. The molecule has 0 aliphatic heterocycles. The predicted molar refractivity (Wildman–Crippen MR) is 60.8 cm³/mol. The Labute approximate surface area is 115 Å². The second-order valence-corrected chi connectivity index (χ2v) is 4.69. The van der Waals surface area contributed by atoms with Crippen LogP contribution in [0.1, 0.15) is 26.7 Å². The predicted octanol–water partition coefficient (Wildman–Crippen LogP) is 3.80. The molecule has 0 atom stereocenters. The van der Waals surface area contributed by atoms with Crippen LogP contribution in [0.25, 0.3) is 0 Å². The van der Waals surface area contributed by atoms with E-state index in [1.54, 1.807) is 13.8 Å². The molecule has 0 unspecified atom stereocenters. The fourth-order valence-corrected chi connectivity index (χ4v) is 2.40. The summed E-state index contributed by atoms with van der Waals surface area (Å²) in [6.45, 7) is 3.14. The lowest BCUT2D eigenvalue weighted by Crippen LogP contribution is -2.56. The minimum atomic E-state index is -5.66. The van der Waals surface area contributed by atoms with Crippen LogP contribution in [-0.2, 0) is 4.79 Å². The zero-order valence-corrected chi connectivity index (χ0v) is 11.8. The first-order valence-electron chi connectivity index (χ1n) is 5.45. The van der Waals surface area contributed by atoms with Gasteiger partial charge in [0.1, 0.15) is 0 Å². The van der Waals surface area contributed by atoms with Crippen molar-refractivity contribution in [2.45, 2.75) is 44.6 Å². The van der Waals surface area contributed by atoms with Gasteiger partial charge in [-0.25, -0.2) is 0 Å². The van der Waals surface area contributed by atoms with E-state index in [1.165, 1.54) is 0 Å². The fraction of sp³-hybridized carbons (Fsp3) is 0.900. The summed E-state index contributed by atoms with van der Waals surface area (Å²) >= 11 is 2.99. The van der Waals surface area contributed by atoms with Crippen molar-refractivity contribution in [2.24, 2.45) is 5.92 Å². The van der Waals surface area contributed by atoms with Gasteiger partial charge < -0.3 is 5.32 Å². The maximum atomic E-state index is 12.4. The normalized spacial score (nSPS) is 13.8. The first-order valence-corrected chi connectivity index (χ1v) is 6.57. The molecule has 0 spiro atoms. The number of hydrogen-bond acceptors (Lipinski definition) is 1. The monoisotopic (exact) mass is 357 g/mol. The lowest BCUT2D eigenvalue weighted by Gasteiger charge is -2.33. The maximum Gasteiger partial charge on any atom is 0.409 e. The quantitative estimate of drug-likeness (QED) is 0.588. The Balaban J connectivity index is 5.25. The van der Waals surface area contributed by atoms with Crippen molar-refractivity contribution in [3.63, 3.8) is 0 Å². The highest BCUT2D eigenvalue weighted by molar-refractivity contribution is 9.09. The third kappa shape index (κ3) is 4.85. The zero-order chi connectivity index (χ0) is 15.5. The number of nitrogens with one attached hydrogen (secondary N) is 1. The molecule has 114 valence electrons. The van der Waals surface area contributed by atoms with Crippen LogP contribution in [0.2, 0.25) is 0 Å². The van der Waals surface area contributed by atoms with Crippen molar-refractivity contribution in [3.05, 3.63) is 0 Å². The summed E-state index contributed by atoms with van der Waals surface area (Å²) in [5.41, 5.74) is -1.12. The second-order valence-electron chi connectivity index (χ2n) is 4.13. The number of carbonyl (C=O) groups excluding carboxylic acids is 1. The Morgan fingerprint density at radius 3 is 1.63 bits per heavy atom. The molecular formula is C10H14BrF6NO. The van der Waals surface area contributed by atoms with Crippen molar-refractivity contribution >= 4 is 21.8 Å². The Morgan fingerprint density at radius 1 is 1.05 bits per heavy atom. The molecule has 0 aromatic carbocycles. The summed E-state index contributed by atoms with van der Waals surface area (Å²) in [5.74, 6) is -6.07. The molecule has 0 aliphatic rings. The standard InChI is InChI=1S/C10H14BrF6NO/c1-3-8(4-2,5-11)18-7(19)6(9(12,13)14)10(15,16)17/h6H,3-5H2,1-2H3,(H,18,19). The highest BCUT2D eigenvalue weighted by atomic mass is 79.9. The molecule has 1 amide bonds. The molecule has 0 fully saturated rings. The molecule has 0 saturated heterocycles. The van der Waals surface area contributed by atoms with Crippen molar-refractivity contribution < 1.29 is 31.1 Å². The molecule has 1 N–H and O–H groups in total. The molecule has 0 bridgehead atoms. The summed E-state index contributed by atoms with van der Waals surface area (Å²) in [6, 6.07) is 0. The maximum absolute atomic E-state index is 12.4. The molecule has 0 aliphatic carbocycles. The SMILES string of the molecule is CCC(CC)(CBr)NC(=O)C(C(F)(F)F)C(F)(F)F. The van der Waals surface area contributed by atoms with Crippen LogP contribution in [0.5, 0.6) is 0 Å². The Bertz CT molecular complexity index is 288. The average Bonchev–Trinajstić information content (AvgIpc) is 2.22. The van der Waals surface area contributed by atoms with Gasteiger partial charge in [-0.15, -0.1) is 0 Å². The van der Waals surface area contributed by atoms with Crippen molar-refractivity contribution in [1.29, 1.82) is 0 Å². The zero-order valence-electron chi connectivity index (χ0n) is 10.3. The van der Waals surface area contributed by atoms with Crippen molar-refractivity contribution in [3.8, 4) is 0 Å². The number of carbonyl (C=O) groups is 1. The smallest absolute Gasteiger partial charge is 0.349 e. The van der Waals surface area contributed by atoms with Gasteiger partial charge in [0.15, 0.2) is 0 Å². The topological polar surface area (TPSA) is 29.1 Å². The largest absolute Gasteiger partial charge is 0.409 e. The van der Waals surface area contributed by atoms with Crippen molar-refractivity contribution in [1.82, 2.24) is 5.32 Å². The Kier molecular flexibility index (Phi) is 6.16. The number of rotatable bonds is 5. The molecule has 0 rings (SSSR count). The first kappa shape index (κ1) is 18.5. The van der Waals surface area contributed by atoms with E-state index >= 15 is 0 Å². The Hall–Kier alpha value is -0.470. The molecule has 2 nitrogen and oxygen atoms in total.